The minimum Gasteiger partial charge on any atom is -0.326 e. The fraction of sp³-hybridized carbons (Fsp3) is 0.571. The summed E-state index contributed by atoms with van der Waals surface area (Å²) < 4.78 is 27.1. The molecular weight excluding hydrogens is 260 g/mol. The van der Waals surface area contributed by atoms with E-state index < -0.39 is 10.0 Å². The van der Waals surface area contributed by atoms with Gasteiger partial charge in [0, 0.05) is 19.6 Å². The van der Waals surface area contributed by atoms with Crippen LogP contribution in [0, 0.1) is 5.92 Å². The fourth-order valence-corrected chi connectivity index (χ4v) is 4.05. The van der Waals surface area contributed by atoms with Gasteiger partial charge in [0.05, 0.1) is 4.90 Å². The highest BCUT2D eigenvalue weighted by Gasteiger charge is 2.31. The topological polar surface area (TPSA) is 63.4 Å². The van der Waals surface area contributed by atoms with Crippen LogP contribution in [0.15, 0.2) is 29.2 Å². The number of rotatable bonds is 7. The molecule has 0 spiro atoms. The molecule has 0 atom stereocenters. The molecule has 0 aliphatic heterocycles. The van der Waals surface area contributed by atoms with Gasteiger partial charge in [0.15, 0.2) is 0 Å². The van der Waals surface area contributed by atoms with Crippen molar-refractivity contribution in [2.45, 2.75) is 37.6 Å². The zero-order chi connectivity index (χ0) is 13.9. The number of hydrogen-bond acceptors (Lipinski definition) is 3. The highest BCUT2D eigenvalue weighted by Crippen LogP contribution is 2.32. The molecule has 1 aliphatic carbocycles. The summed E-state index contributed by atoms with van der Waals surface area (Å²) in [5, 5.41) is 0. The Labute approximate surface area is 115 Å². The van der Waals surface area contributed by atoms with Crippen LogP contribution in [0.25, 0.3) is 0 Å². The predicted molar refractivity (Wildman–Crippen MR) is 76.1 cm³/mol. The first-order valence-electron chi connectivity index (χ1n) is 6.87. The Morgan fingerprint density at radius 1 is 1.32 bits per heavy atom. The summed E-state index contributed by atoms with van der Waals surface area (Å²) in [7, 11) is -3.41. The molecule has 0 bridgehead atoms. The van der Waals surface area contributed by atoms with Crippen molar-refractivity contribution in [3.05, 3.63) is 29.8 Å². The van der Waals surface area contributed by atoms with E-state index in [0.717, 1.165) is 19.3 Å². The maximum absolute atomic E-state index is 12.7. The summed E-state index contributed by atoms with van der Waals surface area (Å²) in [5.41, 5.74) is 6.35. The van der Waals surface area contributed by atoms with Crippen LogP contribution in [-0.2, 0) is 16.6 Å². The van der Waals surface area contributed by atoms with Crippen LogP contribution in [0.3, 0.4) is 0 Å². The molecule has 1 saturated carbocycles. The quantitative estimate of drug-likeness (QED) is 0.831. The highest BCUT2D eigenvalue weighted by atomic mass is 32.2. The van der Waals surface area contributed by atoms with Crippen LogP contribution in [-0.4, -0.2) is 25.8 Å². The van der Waals surface area contributed by atoms with Gasteiger partial charge < -0.3 is 5.73 Å². The van der Waals surface area contributed by atoms with Gasteiger partial charge in [0.25, 0.3) is 0 Å². The number of sulfonamides is 1. The van der Waals surface area contributed by atoms with Crippen molar-refractivity contribution in [3.63, 3.8) is 0 Å². The second-order valence-electron chi connectivity index (χ2n) is 5.12. The molecule has 4 nitrogen and oxygen atoms in total. The summed E-state index contributed by atoms with van der Waals surface area (Å²) in [6.45, 7) is 3.48. The molecule has 2 N–H and O–H groups in total. The molecule has 106 valence electrons. The van der Waals surface area contributed by atoms with E-state index in [1.165, 1.54) is 0 Å². The van der Waals surface area contributed by atoms with Crippen molar-refractivity contribution in [1.82, 2.24) is 4.31 Å². The molecule has 19 heavy (non-hydrogen) atoms. The molecule has 2 rings (SSSR count). The first-order valence-corrected chi connectivity index (χ1v) is 8.31. The van der Waals surface area contributed by atoms with Gasteiger partial charge in [-0.2, -0.15) is 4.31 Å². The Morgan fingerprint density at radius 2 is 2.00 bits per heavy atom. The predicted octanol–water partition coefficient (Wildman–Crippen LogP) is 1.96. The van der Waals surface area contributed by atoms with E-state index in [1.54, 1.807) is 22.5 Å². The summed E-state index contributed by atoms with van der Waals surface area (Å²) in [6.07, 6.45) is 3.12. The van der Waals surface area contributed by atoms with E-state index in [9.17, 15) is 8.42 Å². The van der Waals surface area contributed by atoms with Crippen molar-refractivity contribution < 1.29 is 8.42 Å². The van der Waals surface area contributed by atoms with Crippen LogP contribution < -0.4 is 5.73 Å². The third-order valence-corrected chi connectivity index (χ3v) is 5.41. The van der Waals surface area contributed by atoms with E-state index in [4.69, 9.17) is 5.73 Å². The lowest BCUT2D eigenvalue weighted by atomic mass is 10.2. The lowest BCUT2D eigenvalue weighted by Gasteiger charge is -2.22. The van der Waals surface area contributed by atoms with Gasteiger partial charge >= 0.3 is 0 Å². The number of nitrogens with two attached hydrogens (primary N) is 1. The minimum atomic E-state index is -3.41. The maximum Gasteiger partial charge on any atom is 0.243 e. The molecule has 0 saturated heterocycles. The summed E-state index contributed by atoms with van der Waals surface area (Å²) in [4.78, 5) is 0.367. The van der Waals surface area contributed by atoms with Crippen molar-refractivity contribution in [3.8, 4) is 0 Å². The van der Waals surface area contributed by atoms with Crippen molar-refractivity contribution in [1.29, 1.82) is 0 Å². The first kappa shape index (κ1) is 14.5. The monoisotopic (exact) mass is 282 g/mol. The molecule has 0 heterocycles. The third-order valence-electron chi connectivity index (χ3n) is 3.44. The molecule has 1 aromatic rings. The average molecular weight is 282 g/mol. The maximum atomic E-state index is 12.7. The standard InChI is InChI=1S/C14H22N2O2S/c1-2-9-16(11-12-7-8-12)19(17,18)14-6-4-3-5-13(14)10-15/h3-6,12H,2,7-11,15H2,1H3. The SMILES string of the molecule is CCCN(CC1CC1)S(=O)(=O)c1ccccc1CN. The molecule has 0 unspecified atom stereocenters. The molecule has 1 fully saturated rings. The Kier molecular flexibility index (Phi) is 4.60. The van der Waals surface area contributed by atoms with Gasteiger partial charge in [0.2, 0.25) is 10.0 Å². The fourth-order valence-electron chi connectivity index (χ4n) is 2.21. The second kappa shape index (κ2) is 6.03. The van der Waals surface area contributed by atoms with Gasteiger partial charge in [-0.25, -0.2) is 8.42 Å². The zero-order valence-electron chi connectivity index (χ0n) is 11.4. The lowest BCUT2D eigenvalue weighted by molar-refractivity contribution is 0.395. The van der Waals surface area contributed by atoms with E-state index >= 15 is 0 Å². The van der Waals surface area contributed by atoms with Crippen molar-refractivity contribution >= 4 is 10.0 Å². The van der Waals surface area contributed by atoms with Gasteiger partial charge in [-0.15, -0.1) is 0 Å². The second-order valence-corrected chi connectivity index (χ2v) is 7.02. The van der Waals surface area contributed by atoms with E-state index in [0.29, 0.717) is 29.5 Å². The molecule has 1 aliphatic rings. The van der Waals surface area contributed by atoms with E-state index in [2.05, 4.69) is 0 Å². The Bertz CT molecular complexity index is 524. The Morgan fingerprint density at radius 3 is 2.58 bits per heavy atom. The van der Waals surface area contributed by atoms with Gasteiger partial charge in [-0.1, -0.05) is 25.1 Å². The number of nitrogens with zero attached hydrogens (tertiary/aromatic N) is 1. The molecule has 5 heteroatoms. The van der Waals surface area contributed by atoms with E-state index in [-0.39, 0.29) is 6.54 Å². The molecule has 1 aromatic carbocycles. The lowest BCUT2D eigenvalue weighted by Crippen LogP contribution is -2.34. The van der Waals surface area contributed by atoms with Crippen LogP contribution in [0.1, 0.15) is 31.7 Å². The molecule has 0 radical (unpaired) electrons. The zero-order valence-corrected chi connectivity index (χ0v) is 12.2. The van der Waals surface area contributed by atoms with E-state index in [1.807, 2.05) is 13.0 Å². The van der Waals surface area contributed by atoms with Crippen LogP contribution in [0.2, 0.25) is 0 Å². The van der Waals surface area contributed by atoms with Gasteiger partial charge in [-0.3, -0.25) is 0 Å². The molecular formula is C14H22N2O2S. The Balaban J connectivity index is 2.31. The average Bonchev–Trinajstić information content (AvgIpc) is 3.22. The smallest absolute Gasteiger partial charge is 0.243 e. The molecule has 0 amide bonds. The molecule has 0 aromatic heterocycles. The van der Waals surface area contributed by atoms with Crippen molar-refractivity contribution in [2.24, 2.45) is 11.7 Å². The van der Waals surface area contributed by atoms with Crippen molar-refractivity contribution in [2.75, 3.05) is 13.1 Å². The van der Waals surface area contributed by atoms with Gasteiger partial charge in [-0.05, 0) is 36.8 Å². The van der Waals surface area contributed by atoms with Gasteiger partial charge in [0.1, 0.15) is 0 Å². The van der Waals surface area contributed by atoms with Crippen LogP contribution in [0.5, 0.6) is 0 Å². The summed E-state index contributed by atoms with van der Waals surface area (Å²) in [6, 6.07) is 7.03. The normalized spacial score (nSPS) is 15.9. The third kappa shape index (κ3) is 3.35. The summed E-state index contributed by atoms with van der Waals surface area (Å²) >= 11 is 0. The Hall–Kier alpha value is -0.910. The number of hydrogen-bond donors (Lipinski definition) is 1. The number of benzene rings is 1. The minimum absolute atomic E-state index is 0.249. The van der Waals surface area contributed by atoms with Crippen LogP contribution >= 0.6 is 0 Å². The van der Waals surface area contributed by atoms with Crippen LogP contribution in [0.4, 0.5) is 0 Å². The highest BCUT2D eigenvalue weighted by molar-refractivity contribution is 7.89. The largest absolute Gasteiger partial charge is 0.326 e. The first-order chi connectivity index (χ1) is 9.09. The summed E-state index contributed by atoms with van der Waals surface area (Å²) in [5.74, 6) is 0.548.